The average Bonchev–Trinajstić information content (AvgIpc) is 2.87. The topological polar surface area (TPSA) is 102 Å². The molecule has 1 fully saturated rings. The largest absolute Gasteiger partial charge is 0.444 e. The normalized spacial score (nSPS) is 21.6. The van der Waals surface area contributed by atoms with E-state index in [1.165, 1.54) is 4.90 Å². The van der Waals surface area contributed by atoms with Gasteiger partial charge in [-0.25, -0.2) is 4.79 Å². The number of hydrogen-bond acceptors (Lipinski definition) is 4. The SMILES string of the molecule is C#CC1CC[C@@H](C(N)=O)N1C(=O)[C@H](CC(C)C)NC(=O)OC(C)(C)C. The highest BCUT2D eigenvalue weighted by Crippen LogP contribution is 2.25. The third-order valence-corrected chi connectivity index (χ3v) is 3.86. The van der Waals surface area contributed by atoms with Gasteiger partial charge in [0.05, 0.1) is 6.04 Å². The third kappa shape index (κ3) is 5.96. The first-order valence-electron chi connectivity index (χ1n) is 8.53. The van der Waals surface area contributed by atoms with Gasteiger partial charge in [0.15, 0.2) is 0 Å². The highest BCUT2D eigenvalue weighted by atomic mass is 16.6. The van der Waals surface area contributed by atoms with E-state index < -0.39 is 41.6 Å². The number of primary amides is 1. The quantitative estimate of drug-likeness (QED) is 0.731. The number of nitrogens with one attached hydrogen (secondary N) is 1. The average molecular weight is 351 g/mol. The summed E-state index contributed by atoms with van der Waals surface area (Å²) in [7, 11) is 0. The minimum Gasteiger partial charge on any atom is -0.444 e. The van der Waals surface area contributed by atoms with Crippen molar-refractivity contribution in [1.82, 2.24) is 10.2 Å². The molecule has 25 heavy (non-hydrogen) atoms. The van der Waals surface area contributed by atoms with Crippen molar-refractivity contribution in [3.63, 3.8) is 0 Å². The second-order valence-electron chi connectivity index (χ2n) is 7.75. The van der Waals surface area contributed by atoms with Gasteiger partial charge in [-0.05, 0) is 46.0 Å². The van der Waals surface area contributed by atoms with Crippen LogP contribution in [0.4, 0.5) is 4.79 Å². The molecule has 3 amide bonds. The fourth-order valence-electron chi connectivity index (χ4n) is 2.88. The number of likely N-dealkylation sites (tertiary alicyclic amines) is 1. The Hall–Kier alpha value is -2.23. The number of carbonyl (C=O) groups is 3. The predicted molar refractivity (Wildman–Crippen MR) is 94.3 cm³/mol. The summed E-state index contributed by atoms with van der Waals surface area (Å²) in [6, 6.07) is -2.07. The molecular formula is C18H29N3O4. The molecule has 0 aliphatic carbocycles. The lowest BCUT2D eigenvalue weighted by atomic mass is 10.0. The van der Waals surface area contributed by atoms with Crippen LogP contribution in [0, 0.1) is 18.3 Å². The minimum absolute atomic E-state index is 0.141. The number of amides is 3. The molecule has 0 aromatic rings. The maximum Gasteiger partial charge on any atom is 0.408 e. The predicted octanol–water partition coefficient (Wildman–Crippen LogP) is 1.40. The van der Waals surface area contributed by atoms with E-state index in [1.807, 2.05) is 13.8 Å². The fourth-order valence-corrected chi connectivity index (χ4v) is 2.88. The molecule has 1 unspecified atom stereocenters. The number of nitrogens with zero attached hydrogens (tertiary/aromatic N) is 1. The van der Waals surface area contributed by atoms with Gasteiger partial charge in [0, 0.05) is 0 Å². The zero-order valence-electron chi connectivity index (χ0n) is 15.7. The van der Waals surface area contributed by atoms with Crippen molar-refractivity contribution in [3.8, 4) is 12.3 Å². The van der Waals surface area contributed by atoms with Crippen molar-refractivity contribution in [2.45, 2.75) is 77.6 Å². The Kier molecular flexibility index (Phi) is 6.86. The van der Waals surface area contributed by atoms with Gasteiger partial charge < -0.3 is 20.7 Å². The molecule has 1 saturated heterocycles. The lowest BCUT2D eigenvalue weighted by Gasteiger charge is -2.31. The molecule has 7 nitrogen and oxygen atoms in total. The summed E-state index contributed by atoms with van der Waals surface area (Å²) in [6.07, 6.45) is 6.16. The number of carbonyl (C=O) groups excluding carboxylic acids is 3. The number of hydrogen-bond donors (Lipinski definition) is 2. The molecule has 1 aliphatic rings. The molecule has 140 valence electrons. The minimum atomic E-state index is -0.828. The number of rotatable bonds is 5. The van der Waals surface area contributed by atoms with Crippen LogP contribution in [0.3, 0.4) is 0 Å². The maximum absolute atomic E-state index is 13.0. The van der Waals surface area contributed by atoms with Gasteiger partial charge in [-0.2, -0.15) is 0 Å². The summed E-state index contributed by atoms with van der Waals surface area (Å²) < 4.78 is 5.24. The van der Waals surface area contributed by atoms with Gasteiger partial charge in [0.1, 0.15) is 17.7 Å². The molecule has 7 heteroatoms. The van der Waals surface area contributed by atoms with Crippen LogP contribution < -0.4 is 11.1 Å². The second-order valence-corrected chi connectivity index (χ2v) is 7.75. The van der Waals surface area contributed by atoms with Crippen LogP contribution in [0.25, 0.3) is 0 Å². The van der Waals surface area contributed by atoms with Gasteiger partial charge in [-0.1, -0.05) is 19.8 Å². The van der Waals surface area contributed by atoms with Crippen molar-refractivity contribution in [1.29, 1.82) is 0 Å². The lowest BCUT2D eigenvalue weighted by molar-refractivity contribution is -0.140. The van der Waals surface area contributed by atoms with Gasteiger partial charge in [0.2, 0.25) is 11.8 Å². The fraction of sp³-hybridized carbons (Fsp3) is 0.722. The van der Waals surface area contributed by atoms with E-state index in [-0.39, 0.29) is 5.92 Å². The zero-order chi connectivity index (χ0) is 19.4. The lowest BCUT2D eigenvalue weighted by Crippen LogP contribution is -2.55. The molecule has 1 aliphatic heterocycles. The van der Waals surface area contributed by atoms with Crippen molar-refractivity contribution < 1.29 is 19.1 Å². The number of terminal acetylenes is 1. The van der Waals surface area contributed by atoms with E-state index in [0.29, 0.717) is 19.3 Å². The van der Waals surface area contributed by atoms with Crippen LogP contribution in [-0.4, -0.2) is 46.5 Å². The Morgan fingerprint density at radius 3 is 2.36 bits per heavy atom. The van der Waals surface area contributed by atoms with Crippen LogP contribution in [-0.2, 0) is 14.3 Å². The van der Waals surface area contributed by atoms with E-state index in [2.05, 4.69) is 11.2 Å². The van der Waals surface area contributed by atoms with E-state index in [9.17, 15) is 14.4 Å². The van der Waals surface area contributed by atoms with Crippen molar-refractivity contribution in [2.24, 2.45) is 11.7 Å². The summed E-state index contributed by atoms with van der Waals surface area (Å²) in [5.41, 5.74) is 4.74. The molecule has 0 aromatic heterocycles. The van der Waals surface area contributed by atoms with Gasteiger partial charge in [-0.15, -0.1) is 6.42 Å². The Morgan fingerprint density at radius 2 is 1.92 bits per heavy atom. The Balaban J connectivity index is 3.00. The standard InChI is InChI=1S/C18H29N3O4/c1-7-12-8-9-14(15(19)22)21(12)16(23)13(10-11(2)3)20-17(24)25-18(4,5)6/h1,11-14H,8-10H2,2-6H3,(H2,19,22)(H,20,24)/t12?,13-,14-/m0/s1. The number of ether oxygens (including phenoxy) is 1. The van der Waals surface area contributed by atoms with Crippen molar-refractivity contribution in [2.75, 3.05) is 0 Å². The molecule has 1 heterocycles. The van der Waals surface area contributed by atoms with E-state index in [1.54, 1.807) is 20.8 Å². The Labute approximate surface area is 149 Å². The Bertz CT molecular complexity index is 560. The van der Waals surface area contributed by atoms with Crippen LogP contribution in [0.2, 0.25) is 0 Å². The molecule has 3 N–H and O–H groups in total. The van der Waals surface area contributed by atoms with Crippen LogP contribution in [0.15, 0.2) is 0 Å². The summed E-state index contributed by atoms with van der Waals surface area (Å²) >= 11 is 0. The van der Waals surface area contributed by atoms with E-state index >= 15 is 0 Å². The van der Waals surface area contributed by atoms with Crippen LogP contribution in [0.5, 0.6) is 0 Å². The molecule has 0 aromatic carbocycles. The van der Waals surface area contributed by atoms with Crippen LogP contribution >= 0.6 is 0 Å². The van der Waals surface area contributed by atoms with E-state index in [4.69, 9.17) is 16.9 Å². The summed E-state index contributed by atoms with van der Waals surface area (Å²) in [6.45, 7) is 9.09. The first-order valence-corrected chi connectivity index (χ1v) is 8.53. The zero-order valence-corrected chi connectivity index (χ0v) is 15.7. The first-order chi connectivity index (χ1) is 11.5. The van der Waals surface area contributed by atoms with E-state index in [0.717, 1.165) is 0 Å². The molecule has 3 atom stereocenters. The molecule has 1 rings (SSSR count). The summed E-state index contributed by atoms with van der Waals surface area (Å²) in [5, 5.41) is 2.61. The maximum atomic E-state index is 13.0. The van der Waals surface area contributed by atoms with Crippen molar-refractivity contribution >= 4 is 17.9 Å². The van der Waals surface area contributed by atoms with Gasteiger partial charge in [0.25, 0.3) is 0 Å². The highest BCUT2D eigenvalue weighted by molar-refractivity contribution is 5.91. The Morgan fingerprint density at radius 1 is 1.32 bits per heavy atom. The monoisotopic (exact) mass is 351 g/mol. The first kappa shape index (κ1) is 20.8. The van der Waals surface area contributed by atoms with Crippen LogP contribution in [0.1, 0.15) is 53.9 Å². The smallest absolute Gasteiger partial charge is 0.408 e. The molecule has 0 spiro atoms. The number of nitrogens with two attached hydrogens (primary N) is 1. The highest BCUT2D eigenvalue weighted by Gasteiger charge is 2.42. The van der Waals surface area contributed by atoms with Crippen molar-refractivity contribution in [3.05, 3.63) is 0 Å². The van der Waals surface area contributed by atoms with Gasteiger partial charge in [-0.3, -0.25) is 9.59 Å². The summed E-state index contributed by atoms with van der Waals surface area (Å²) in [4.78, 5) is 38.1. The second kappa shape index (κ2) is 8.24. The number of alkyl carbamates (subject to hydrolysis) is 1. The van der Waals surface area contributed by atoms with Gasteiger partial charge >= 0.3 is 6.09 Å². The third-order valence-electron chi connectivity index (χ3n) is 3.86. The molecule has 0 saturated carbocycles. The molecule has 0 bridgehead atoms. The molecular weight excluding hydrogens is 322 g/mol. The molecule has 0 radical (unpaired) electrons. The summed E-state index contributed by atoms with van der Waals surface area (Å²) in [5.74, 6) is 1.68.